The highest BCUT2D eigenvalue weighted by Crippen LogP contribution is 2.38. The molecule has 146 valence electrons. The Bertz CT molecular complexity index is 1030. The average molecular weight is 420 g/mol. The van der Waals surface area contributed by atoms with Crippen LogP contribution in [0.2, 0.25) is 10.0 Å². The van der Waals surface area contributed by atoms with Crippen molar-refractivity contribution in [1.29, 1.82) is 0 Å². The fourth-order valence-corrected chi connectivity index (χ4v) is 3.31. The summed E-state index contributed by atoms with van der Waals surface area (Å²) in [5.41, 5.74) is 1.15. The fraction of sp³-hybridized carbons (Fsp3) is 0.250. The van der Waals surface area contributed by atoms with Crippen LogP contribution in [0.15, 0.2) is 52.7 Å². The van der Waals surface area contributed by atoms with Gasteiger partial charge in [-0.3, -0.25) is 4.79 Å². The normalized spacial score (nSPS) is 11.4. The van der Waals surface area contributed by atoms with E-state index in [9.17, 15) is 9.90 Å². The number of nitrogens with zero attached hydrogens (tertiary/aromatic N) is 3. The van der Waals surface area contributed by atoms with Crippen LogP contribution in [0, 0.1) is 0 Å². The maximum absolute atomic E-state index is 12.0. The Morgan fingerprint density at radius 3 is 2.75 bits per heavy atom. The van der Waals surface area contributed by atoms with Gasteiger partial charge in [0.05, 0.1) is 17.1 Å². The van der Waals surface area contributed by atoms with E-state index in [1.807, 2.05) is 31.2 Å². The van der Waals surface area contributed by atoms with E-state index in [2.05, 4.69) is 10.2 Å². The molecule has 0 bridgehead atoms. The maximum atomic E-state index is 12.0. The van der Waals surface area contributed by atoms with Gasteiger partial charge in [0.2, 0.25) is 5.88 Å². The number of aromatic nitrogens is 1. The molecule has 1 heterocycles. The third-order valence-electron chi connectivity index (χ3n) is 4.18. The van der Waals surface area contributed by atoms with Crippen molar-refractivity contribution in [1.82, 2.24) is 4.57 Å². The number of hydrogen-bond acceptors (Lipinski definition) is 4. The monoisotopic (exact) mass is 419 g/mol. The maximum Gasteiger partial charge on any atom is 0.264 e. The summed E-state index contributed by atoms with van der Waals surface area (Å²) in [5, 5.41) is 19.8. The molecule has 6 nitrogen and oxygen atoms in total. The second kappa shape index (κ2) is 9.08. The zero-order valence-corrected chi connectivity index (χ0v) is 16.7. The minimum absolute atomic E-state index is 0.000892. The third kappa shape index (κ3) is 4.46. The lowest BCUT2D eigenvalue weighted by molar-refractivity contribution is -0.118. The van der Waals surface area contributed by atoms with Gasteiger partial charge in [-0.25, -0.2) is 0 Å². The second-order valence-electron chi connectivity index (χ2n) is 6.05. The average Bonchev–Trinajstić information content (AvgIpc) is 2.95. The largest absolute Gasteiger partial charge is 0.493 e. The summed E-state index contributed by atoms with van der Waals surface area (Å²) < 4.78 is 7.26. The lowest BCUT2D eigenvalue weighted by Gasteiger charge is -2.07. The van der Waals surface area contributed by atoms with E-state index in [0.29, 0.717) is 41.1 Å². The first kappa shape index (κ1) is 20.2. The highest BCUT2D eigenvalue weighted by atomic mass is 35.5. The molecule has 0 spiro atoms. The first-order chi connectivity index (χ1) is 13.5. The van der Waals surface area contributed by atoms with Crippen LogP contribution in [0.4, 0.5) is 5.69 Å². The lowest BCUT2D eigenvalue weighted by atomic mass is 10.2. The van der Waals surface area contributed by atoms with Crippen molar-refractivity contribution in [3.63, 3.8) is 0 Å². The number of para-hydroxylation sites is 1. The molecule has 0 aliphatic heterocycles. The molecule has 28 heavy (non-hydrogen) atoms. The minimum Gasteiger partial charge on any atom is -0.493 e. The van der Waals surface area contributed by atoms with Crippen LogP contribution in [0.25, 0.3) is 10.9 Å². The van der Waals surface area contributed by atoms with Crippen LogP contribution in [0.1, 0.15) is 19.8 Å². The Morgan fingerprint density at radius 1 is 1.21 bits per heavy atom. The molecule has 0 radical (unpaired) electrons. The Kier molecular flexibility index (Phi) is 6.54. The van der Waals surface area contributed by atoms with E-state index in [0.717, 1.165) is 10.9 Å². The molecular formula is C20H19Cl2N3O3. The van der Waals surface area contributed by atoms with Gasteiger partial charge in [-0.1, -0.05) is 41.4 Å². The van der Waals surface area contributed by atoms with Crippen LogP contribution in [-0.4, -0.2) is 22.2 Å². The highest BCUT2D eigenvalue weighted by Gasteiger charge is 2.15. The SMILES string of the molecule is CCn1c(O)c(N=NC(=O)CCCOc2ccc(Cl)cc2Cl)c2ccccc21. The van der Waals surface area contributed by atoms with Gasteiger partial charge in [0, 0.05) is 23.4 Å². The van der Waals surface area contributed by atoms with E-state index in [-0.39, 0.29) is 12.3 Å². The van der Waals surface area contributed by atoms with Crippen molar-refractivity contribution in [2.45, 2.75) is 26.3 Å². The van der Waals surface area contributed by atoms with Gasteiger partial charge in [0.15, 0.2) is 5.69 Å². The summed E-state index contributed by atoms with van der Waals surface area (Å²) in [6, 6.07) is 12.4. The highest BCUT2D eigenvalue weighted by molar-refractivity contribution is 6.35. The number of rotatable bonds is 7. The summed E-state index contributed by atoms with van der Waals surface area (Å²) in [5.74, 6) is 0.122. The van der Waals surface area contributed by atoms with E-state index in [1.165, 1.54) is 0 Å². The number of halogens is 2. The molecule has 0 saturated heterocycles. The number of aryl methyl sites for hydroxylation is 1. The van der Waals surface area contributed by atoms with E-state index >= 15 is 0 Å². The standard InChI is InChI=1S/C20H19Cl2N3O3/c1-2-25-16-7-4-3-6-14(16)19(20(25)27)24-23-18(26)8-5-11-28-17-10-9-13(21)12-15(17)22/h3-4,6-7,9-10,12,27H,2,5,8,11H2,1H3. The Morgan fingerprint density at radius 2 is 2.00 bits per heavy atom. The molecule has 3 rings (SSSR count). The van der Waals surface area contributed by atoms with Crippen LogP contribution in [0.3, 0.4) is 0 Å². The first-order valence-corrected chi connectivity index (χ1v) is 9.59. The molecule has 0 aliphatic carbocycles. The van der Waals surface area contributed by atoms with Gasteiger partial charge in [0.1, 0.15) is 5.75 Å². The predicted molar refractivity (Wildman–Crippen MR) is 110 cm³/mol. The van der Waals surface area contributed by atoms with Crippen molar-refractivity contribution in [3.8, 4) is 11.6 Å². The topological polar surface area (TPSA) is 76.2 Å². The molecule has 0 fully saturated rings. The lowest BCUT2D eigenvalue weighted by Crippen LogP contribution is -2.01. The summed E-state index contributed by atoms with van der Waals surface area (Å²) in [6.07, 6.45) is 0.626. The number of amides is 1. The quantitative estimate of drug-likeness (QED) is 0.368. The summed E-state index contributed by atoms with van der Waals surface area (Å²) in [6.45, 7) is 2.81. The van der Waals surface area contributed by atoms with Gasteiger partial charge in [-0.15, -0.1) is 10.2 Å². The molecule has 2 aromatic carbocycles. The van der Waals surface area contributed by atoms with Crippen molar-refractivity contribution >= 4 is 45.7 Å². The summed E-state index contributed by atoms with van der Waals surface area (Å²) in [4.78, 5) is 12.0. The number of aromatic hydroxyl groups is 1. The van der Waals surface area contributed by atoms with Gasteiger partial charge >= 0.3 is 0 Å². The van der Waals surface area contributed by atoms with Crippen molar-refractivity contribution in [2.24, 2.45) is 10.2 Å². The number of ether oxygens (including phenoxy) is 1. The molecule has 0 unspecified atom stereocenters. The van der Waals surface area contributed by atoms with Crippen molar-refractivity contribution in [3.05, 3.63) is 52.5 Å². The predicted octanol–water partition coefficient (Wildman–Crippen LogP) is 6.14. The smallest absolute Gasteiger partial charge is 0.264 e. The Labute approximate surface area is 172 Å². The second-order valence-corrected chi connectivity index (χ2v) is 6.90. The van der Waals surface area contributed by atoms with Crippen molar-refractivity contribution < 1.29 is 14.6 Å². The number of fused-ring (bicyclic) bond motifs is 1. The summed E-state index contributed by atoms with van der Waals surface area (Å²) >= 11 is 11.9. The van der Waals surface area contributed by atoms with Crippen LogP contribution in [0.5, 0.6) is 11.6 Å². The van der Waals surface area contributed by atoms with Gasteiger partial charge in [-0.05, 0) is 37.6 Å². The first-order valence-electron chi connectivity index (χ1n) is 8.84. The fourth-order valence-electron chi connectivity index (χ4n) is 2.84. The molecule has 8 heteroatoms. The zero-order valence-electron chi connectivity index (χ0n) is 15.2. The Balaban J connectivity index is 1.59. The van der Waals surface area contributed by atoms with Gasteiger partial charge in [-0.2, -0.15) is 0 Å². The van der Waals surface area contributed by atoms with Crippen LogP contribution in [-0.2, 0) is 11.3 Å². The van der Waals surface area contributed by atoms with Crippen molar-refractivity contribution in [2.75, 3.05) is 6.61 Å². The minimum atomic E-state index is -0.390. The molecule has 1 amide bonds. The van der Waals surface area contributed by atoms with E-state index in [1.54, 1.807) is 22.8 Å². The molecule has 0 saturated carbocycles. The molecule has 3 aromatic rings. The van der Waals surface area contributed by atoms with Gasteiger partial charge < -0.3 is 14.4 Å². The number of benzene rings is 2. The summed E-state index contributed by atoms with van der Waals surface area (Å²) in [7, 11) is 0. The third-order valence-corrected chi connectivity index (χ3v) is 4.71. The molecule has 1 N–H and O–H groups in total. The van der Waals surface area contributed by atoms with Crippen LogP contribution >= 0.6 is 23.2 Å². The number of carbonyl (C=O) groups is 1. The zero-order chi connectivity index (χ0) is 20.1. The molecule has 0 aliphatic rings. The van der Waals surface area contributed by atoms with E-state index in [4.69, 9.17) is 27.9 Å². The Hall–Kier alpha value is -2.57. The van der Waals surface area contributed by atoms with Crippen LogP contribution < -0.4 is 4.74 Å². The molecule has 1 aromatic heterocycles. The molecular weight excluding hydrogens is 401 g/mol. The molecule has 0 atom stereocenters. The number of azo groups is 1. The number of hydrogen-bond donors (Lipinski definition) is 1. The van der Waals surface area contributed by atoms with Gasteiger partial charge in [0.25, 0.3) is 5.91 Å². The van der Waals surface area contributed by atoms with E-state index < -0.39 is 5.91 Å². The number of carbonyl (C=O) groups excluding carboxylic acids is 1.